The van der Waals surface area contributed by atoms with Crippen molar-refractivity contribution >= 4 is 17.8 Å². The van der Waals surface area contributed by atoms with Crippen LogP contribution in [0.15, 0.2) is 35.9 Å². The highest BCUT2D eigenvalue weighted by Gasteiger charge is 2.54. The molecule has 1 unspecified atom stereocenters. The predicted molar refractivity (Wildman–Crippen MR) is 195 cm³/mol. The Kier molecular flexibility index (Phi) is 10.6. The van der Waals surface area contributed by atoms with Crippen LogP contribution in [-0.4, -0.2) is 91.3 Å². The summed E-state index contributed by atoms with van der Waals surface area (Å²) >= 11 is 0. The van der Waals surface area contributed by atoms with E-state index in [1.807, 2.05) is 65.8 Å². The molecule has 2 N–H and O–H groups in total. The zero-order valence-corrected chi connectivity index (χ0v) is 32.2. The smallest absolute Gasteiger partial charge is 0.310 e. The first-order valence-electron chi connectivity index (χ1n) is 18.4. The Morgan fingerprint density at radius 3 is 2.17 bits per heavy atom. The number of ether oxygens (including phenoxy) is 6. The number of benzene rings is 2. The van der Waals surface area contributed by atoms with Crippen LogP contribution in [0.2, 0.25) is 0 Å². The summed E-state index contributed by atoms with van der Waals surface area (Å²) < 4.78 is 34.4. The molecule has 53 heavy (non-hydrogen) atoms. The van der Waals surface area contributed by atoms with Crippen LogP contribution in [0.1, 0.15) is 95.9 Å². The molecule has 13 heteroatoms. The third-order valence-electron chi connectivity index (χ3n) is 11.0. The molecule has 288 valence electrons. The van der Waals surface area contributed by atoms with Crippen LogP contribution in [-0.2, 0) is 19.1 Å². The van der Waals surface area contributed by atoms with E-state index >= 15 is 0 Å². The summed E-state index contributed by atoms with van der Waals surface area (Å²) in [4.78, 5) is 44.6. The van der Waals surface area contributed by atoms with E-state index in [1.54, 1.807) is 25.2 Å². The van der Waals surface area contributed by atoms with Gasteiger partial charge in [-0.2, -0.15) is 5.06 Å². The van der Waals surface area contributed by atoms with Gasteiger partial charge in [-0.05, 0) is 87.9 Å². The van der Waals surface area contributed by atoms with Crippen molar-refractivity contribution in [3.63, 3.8) is 0 Å². The molecule has 0 bridgehead atoms. The average molecular weight is 736 g/mol. The van der Waals surface area contributed by atoms with Crippen molar-refractivity contribution < 1.29 is 48.0 Å². The lowest BCUT2D eigenvalue weighted by atomic mass is 9.65. The lowest BCUT2D eigenvalue weighted by molar-refractivity contribution is -0.214. The Hall–Kier alpha value is -4.49. The van der Waals surface area contributed by atoms with Crippen molar-refractivity contribution in [2.24, 2.45) is 11.8 Å². The Morgan fingerprint density at radius 1 is 0.962 bits per heavy atom. The zero-order chi connectivity index (χ0) is 38.4. The molecule has 1 fully saturated rings. The summed E-state index contributed by atoms with van der Waals surface area (Å²) in [6.45, 7) is 12.0. The van der Waals surface area contributed by atoms with E-state index in [0.29, 0.717) is 66.5 Å². The van der Waals surface area contributed by atoms with Gasteiger partial charge in [0.2, 0.25) is 24.4 Å². The maximum Gasteiger partial charge on any atom is 0.310 e. The lowest BCUT2D eigenvalue weighted by Crippen LogP contribution is -2.58. The van der Waals surface area contributed by atoms with E-state index in [9.17, 15) is 19.6 Å². The van der Waals surface area contributed by atoms with Crippen molar-refractivity contribution in [1.29, 1.82) is 0 Å². The number of carbonyl (C=O) groups excluding carboxylic acids is 3. The summed E-state index contributed by atoms with van der Waals surface area (Å²) in [5.74, 6) is -0.163. The fraction of sp³-hybridized carbons (Fsp3) is 0.575. The van der Waals surface area contributed by atoms with Crippen LogP contribution >= 0.6 is 0 Å². The maximum atomic E-state index is 14.7. The van der Waals surface area contributed by atoms with Crippen molar-refractivity contribution in [1.82, 2.24) is 15.3 Å². The highest BCUT2D eigenvalue weighted by Crippen LogP contribution is 2.55. The largest absolute Gasteiger partial charge is 0.493 e. The van der Waals surface area contributed by atoms with E-state index in [4.69, 9.17) is 28.4 Å². The number of methoxy groups -OCH3 is 3. The van der Waals surface area contributed by atoms with Gasteiger partial charge in [-0.3, -0.25) is 14.4 Å². The second-order valence-corrected chi connectivity index (χ2v) is 15.5. The minimum absolute atomic E-state index is 0.0448. The number of esters is 1. The second-order valence-electron chi connectivity index (χ2n) is 15.5. The van der Waals surface area contributed by atoms with E-state index in [2.05, 4.69) is 5.32 Å². The highest BCUT2D eigenvalue weighted by atomic mass is 16.7. The third-order valence-corrected chi connectivity index (χ3v) is 11.0. The van der Waals surface area contributed by atoms with Gasteiger partial charge >= 0.3 is 5.97 Å². The van der Waals surface area contributed by atoms with Crippen LogP contribution in [0.3, 0.4) is 0 Å². The molecule has 0 spiro atoms. The number of rotatable bonds is 12. The van der Waals surface area contributed by atoms with Gasteiger partial charge in [-0.25, -0.2) is 0 Å². The van der Waals surface area contributed by atoms with Crippen LogP contribution in [0, 0.1) is 11.8 Å². The number of hydrogen-bond acceptors (Lipinski definition) is 11. The first-order chi connectivity index (χ1) is 25.2. The number of fused-ring (bicyclic) bond motifs is 3. The average Bonchev–Trinajstić information content (AvgIpc) is 3.75. The normalized spacial score (nSPS) is 24.3. The molecule has 1 saturated heterocycles. The van der Waals surface area contributed by atoms with Gasteiger partial charge in [0, 0.05) is 29.5 Å². The number of nitrogens with zero attached hydrogens (tertiary/aromatic N) is 2. The van der Waals surface area contributed by atoms with Gasteiger partial charge in [0.15, 0.2) is 23.0 Å². The van der Waals surface area contributed by atoms with E-state index in [0.717, 1.165) is 16.7 Å². The summed E-state index contributed by atoms with van der Waals surface area (Å²) in [5, 5.41) is 15.5. The molecular weight excluding hydrogens is 682 g/mol. The number of hydroxylamine groups is 2. The first-order valence-corrected chi connectivity index (χ1v) is 18.4. The standard InChI is InChI=1S/C40H53N3O10/c1-10-12-27(42(13-11-2)37(45)23-18-39(3,4)43(47)40(5,6)19-23)36(44)41-34-25-17-29-28(52-21-53-29)16-24(25)32(33-26(34)20-51-38(33)46)22-14-30(48-7)35(50-9)31(15-22)49-8/h14-18,26-27,32-34,47H,10-13,19-21H2,1-9H3,(H,41,44)/t26-,27?,32+,33-,34+/m0/s1. The van der Waals surface area contributed by atoms with Gasteiger partial charge in [0.1, 0.15) is 6.04 Å². The van der Waals surface area contributed by atoms with Crippen molar-refractivity contribution in [3.8, 4) is 28.7 Å². The molecule has 2 aromatic carbocycles. The van der Waals surface area contributed by atoms with Crippen molar-refractivity contribution in [3.05, 3.63) is 52.6 Å². The summed E-state index contributed by atoms with van der Waals surface area (Å²) in [6.07, 6.45) is 3.86. The molecule has 1 aliphatic carbocycles. The zero-order valence-electron chi connectivity index (χ0n) is 32.2. The van der Waals surface area contributed by atoms with E-state index in [1.165, 1.54) is 12.2 Å². The van der Waals surface area contributed by atoms with Gasteiger partial charge in [0.05, 0.1) is 45.4 Å². The maximum absolute atomic E-state index is 14.7. The molecule has 6 rings (SSSR count). The number of amides is 2. The molecule has 3 aliphatic heterocycles. The Balaban J connectivity index is 1.42. The minimum atomic E-state index is -0.788. The highest BCUT2D eigenvalue weighted by molar-refractivity contribution is 5.97. The monoisotopic (exact) mass is 735 g/mol. The van der Waals surface area contributed by atoms with Gasteiger partial charge in [0.25, 0.3) is 0 Å². The molecule has 5 atom stereocenters. The van der Waals surface area contributed by atoms with Gasteiger partial charge in [-0.1, -0.05) is 26.3 Å². The van der Waals surface area contributed by atoms with Crippen LogP contribution in [0.25, 0.3) is 0 Å². The molecule has 0 saturated carbocycles. The lowest BCUT2D eigenvalue weighted by Gasteiger charge is -2.47. The fourth-order valence-electron chi connectivity index (χ4n) is 8.80. The Morgan fingerprint density at radius 2 is 1.60 bits per heavy atom. The number of carbonyl (C=O) groups is 3. The van der Waals surface area contributed by atoms with Gasteiger partial charge < -0.3 is 43.8 Å². The quantitative estimate of drug-likeness (QED) is 0.266. The summed E-state index contributed by atoms with van der Waals surface area (Å²) in [5.41, 5.74) is 1.36. The minimum Gasteiger partial charge on any atom is -0.493 e. The topological polar surface area (TPSA) is 145 Å². The molecule has 2 aromatic rings. The predicted octanol–water partition coefficient (Wildman–Crippen LogP) is 5.52. The second kappa shape index (κ2) is 14.7. The first kappa shape index (κ1) is 38.2. The Bertz CT molecular complexity index is 1760. The summed E-state index contributed by atoms with van der Waals surface area (Å²) in [7, 11) is 4.62. The molecule has 3 heterocycles. The third kappa shape index (κ3) is 6.78. The molecule has 0 aromatic heterocycles. The van der Waals surface area contributed by atoms with Crippen LogP contribution in [0.4, 0.5) is 0 Å². The van der Waals surface area contributed by atoms with Gasteiger partial charge in [-0.15, -0.1) is 0 Å². The fourth-order valence-corrected chi connectivity index (χ4v) is 8.80. The van der Waals surface area contributed by atoms with Crippen LogP contribution < -0.4 is 29.0 Å². The molecule has 13 nitrogen and oxygen atoms in total. The number of hydrogen-bond donors (Lipinski definition) is 2. The SMILES string of the molecule is CCCC(C(=O)N[C@@H]1c2cc3c(cc2[C@@H](c2cc(OC)c(OC)c(OC)c2)[C@H]2C(=O)OC[C@@H]21)OCO3)N(CCC)C(=O)C1=CC(C)(C)N(O)C(C)(C)C1. The van der Waals surface area contributed by atoms with Crippen molar-refractivity contribution in [2.75, 3.05) is 41.3 Å². The number of cyclic esters (lactones) is 1. The van der Waals surface area contributed by atoms with E-state index in [-0.39, 0.29) is 31.2 Å². The molecule has 0 radical (unpaired) electrons. The van der Waals surface area contributed by atoms with Crippen LogP contribution in [0.5, 0.6) is 28.7 Å². The molecular formula is C40H53N3O10. The Labute approximate surface area is 311 Å². The van der Waals surface area contributed by atoms with E-state index < -0.39 is 40.9 Å². The summed E-state index contributed by atoms with van der Waals surface area (Å²) in [6, 6.07) is 6.02. The molecule has 4 aliphatic rings. The molecule has 2 amide bonds. The number of nitrogens with one attached hydrogen (secondary N) is 1. The van der Waals surface area contributed by atoms with Crippen molar-refractivity contribution in [2.45, 2.75) is 96.3 Å².